The van der Waals surface area contributed by atoms with Crippen LogP contribution in [0.25, 0.3) is 32.7 Å². The minimum Gasteiger partial charge on any atom is -0.310 e. The molecule has 0 amide bonds. The van der Waals surface area contributed by atoms with Crippen molar-refractivity contribution in [3.63, 3.8) is 0 Å². The van der Waals surface area contributed by atoms with Gasteiger partial charge in [0.2, 0.25) is 0 Å². The summed E-state index contributed by atoms with van der Waals surface area (Å²) in [5.41, 5.74) is 20.1. The molecule has 0 aliphatic heterocycles. The van der Waals surface area contributed by atoms with Crippen molar-refractivity contribution in [2.75, 3.05) is 14.7 Å². The lowest BCUT2D eigenvalue weighted by Gasteiger charge is -2.36. The highest BCUT2D eigenvalue weighted by atomic mass is 15.2. The highest BCUT2D eigenvalue weighted by molar-refractivity contribution is 6.27. The van der Waals surface area contributed by atoms with Crippen molar-refractivity contribution in [2.45, 2.75) is 138 Å². The summed E-state index contributed by atoms with van der Waals surface area (Å²) in [7, 11) is 0. The summed E-state index contributed by atoms with van der Waals surface area (Å²) in [5.74, 6) is 0. The standard InChI is InChI=1S/C62H53N3.7C2H6/c1-42-44(3)61(64(51-34-20-10-21-35-51)52-36-22-11-23-37-52)47(6)58-55(42)59(48-28-14-7-15-29-48)56-46(5)60(63(49-30-16-8-17-31-49)50-32-18-9-19-33-50)45(4)43(2)57(56)62(58)65(53-38-24-12-25-39-53)54-40-26-13-27-41-54;7*1-2/h7-41H,1-6H3;7*1-2H3. The molecular formula is C76H95N3. The van der Waals surface area contributed by atoms with E-state index in [1.807, 2.05) is 96.9 Å². The van der Waals surface area contributed by atoms with Crippen LogP contribution in [0.2, 0.25) is 0 Å². The van der Waals surface area contributed by atoms with Crippen LogP contribution in [0.5, 0.6) is 0 Å². The van der Waals surface area contributed by atoms with Gasteiger partial charge in [-0.1, -0.05) is 236 Å². The summed E-state index contributed by atoms with van der Waals surface area (Å²) >= 11 is 0. The monoisotopic (exact) mass is 1050 g/mol. The topological polar surface area (TPSA) is 9.72 Å². The van der Waals surface area contributed by atoms with Crippen LogP contribution in [-0.4, -0.2) is 0 Å². The molecule has 414 valence electrons. The van der Waals surface area contributed by atoms with Crippen LogP contribution in [0, 0.1) is 41.5 Å². The van der Waals surface area contributed by atoms with Crippen molar-refractivity contribution in [2.24, 2.45) is 0 Å². The van der Waals surface area contributed by atoms with Gasteiger partial charge in [-0.25, -0.2) is 0 Å². The molecule has 79 heavy (non-hydrogen) atoms. The Labute approximate surface area is 480 Å². The van der Waals surface area contributed by atoms with Crippen molar-refractivity contribution in [1.82, 2.24) is 0 Å². The summed E-state index contributed by atoms with van der Waals surface area (Å²) < 4.78 is 0. The maximum atomic E-state index is 2.53. The van der Waals surface area contributed by atoms with E-state index in [1.54, 1.807) is 0 Å². The Morgan fingerprint density at radius 1 is 0.190 bits per heavy atom. The van der Waals surface area contributed by atoms with Gasteiger partial charge in [-0.3, -0.25) is 0 Å². The quantitative estimate of drug-likeness (QED) is 0.126. The van der Waals surface area contributed by atoms with Gasteiger partial charge in [0, 0.05) is 44.9 Å². The van der Waals surface area contributed by atoms with Gasteiger partial charge in [0.15, 0.2) is 0 Å². The zero-order chi connectivity index (χ0) is 58.6. The molecule has 0 heterocycles. The fourth-order valence-corrected chi connectivity index (χ4v) is 10.2. The number of nitrogens with zero attached hydrogens (tertiary/aromatic N) is 3. The Hall–Kier alpha value is -7.88. The zero-order valence-electron chi connectivity index (χ0n) is 52.0. The van der Waals surface area contributed by atoms with E-state index in [9.17, 15) is 0 Å². The van der Waals surface area contributed by atoms with Gasteiger partial charge < -0.3 is 14.7 Å². The van der Waals surface area contributed by atoms with Gasteiger partial charge in [-0.2, -0.15) is 0 Å². The van der Waals surface area contributed by atoms with E-state index in [1.165, 1.54) is 83.1 Å². The molecule has 0 spiro atoms. The first-order valence-corrected chi connectivity index (χ1v) is 29.6. The van der Waals surface area contributed by atoms with Crippen molar-refractivity contribution in [1.29, 1.82) is 0 Å². The third-order valence-corrected chi connectivity index (χ3v) is 13.3. The Kier molecular flexibility index (Phi) is 28.2. The average molecular weight is 1050 g/mol. The summed E-state index contributed by atoms with van der Waals surface area (Å²) in [6.45, 7) is 42.1. The summed E-state index contributed by atoms with van der Waals surface area (Å²) in [5, 5.41) is 4.99. The van der Waals surface area contributed by atoms with Gasteiger partial charge in [0.1, 0.15) is 0 Å². The molecular weight excluding hydrogens is 955 g/mol. The van der Waals surface area contributed by atoms with Crippen molar-refractivity contribution in [3.05, 3.63) is 246 Å². The van der Waals surface area contributed by atoms with Crippen LogP contribution in [0.15, 0.2) is 212 Å². The molecule has 10 aromatic rings. The number of benzene rings is 10. The second kappa shape index (κ2) is 34.1. The molecule has 3 heteroatoms. The molecule has 0 saturated carbocycles. The highest BCUT2D eigenvalue weighted by Crippen LogP contribution is 2.57. The summed E-state index contributed by atoms with van der Waals surface area (Å²) in [6.07, 6.45) is 0. The predicted octanol–water partition coefficient (Wildman–Crippen LogP) is 25.1. The van der Waals surface area contributed by atoms with E-state index in [0.29, 0.717) is 0 Å². The minimum absolute atomic E-state index is 1.10. The van der Waals surface area contributed by atoms with Crippen LogP contribution < -0.4 is 14.7 Å². The number of anilines is 9. The smallest absolute Gasteiger partial charge is 0.0625 e. The normalized spacial score (nSPS) is 9.77. The molecule has 0 aromatic heterocycles. The third kappa shape index (κ3) is 14.1. The number of rotatable bonds is 10. The van der Waals surface area contributed by atoms with Crippen LogP contribution in [0.3, 0.4) is 0 Å². The second-order valence-electron chi connectivity index (χ2n) is 17.1. The molecule has 0 radical (unpaired) electrons. The van der Waals surface area contributed by atoms with E-state index >= 15 is 0 Å². The number of fused-ring (bicyclic) bond motifs is 2. The van der Waals surface area contributed by atoms with E-state index in [4.69, 9.17) is 0 Å². The average Bonchev–Trinajstić information content (AvgIpc) is 3.70. The Morgan fingerprint density at radius 3 is 0.646 bits per heavy atom. The van der Waals surface area contributed by atoms with E-state index < -0.39 is 0 Å². The minimum atomic E-state index is 1.10. The predicted molar refractivity (Wildman–Crippen MR) is 359 cm³/mol. The van der Waals surface area contributed by atoms with E-state index in [-0.39, 0.29) is 0 Å². The molecule has 0 aliphatic rings. The molecule has 0 aliphatic carbocycles. The second-order valence-corrected chi connectivity index (χ2v) is 17.1. The fourth-order valence-electron chi connectivity index (χ4n) is 10.2. The molecule has 10 aromatic carbocycles. The van der Waals surface area contributed by atoms with Gasteiger partial charge in [0.05, 0.1) is 17.1 Å². The van der Waals surface area contributed by atoms with E-state index in [0.717, 1.165) is 34.1 Å². The summed E-state index contributed by atoms with van der Waals surface area (Å²) in [6, 6.07) is 76.4. The molecule has 0 N–H and O–H groups in total. The maximum Gasteiger partial charge on any atom is 0.0625 e. The zero-order valence-corrected chi connectivity index (χ0v) is 52.0. The first kappa shape index (κ1) is 65.4. The fraction of sp³-hybridized carbons (Fsp3) is 0.263. The SMILES string of the molecule is CC.CC.CC.CC.CC.CC.CC.Cc1c(N(c2ccccc2)c2ccccc2)c(C)c2c(N(c3ccccc3)c3ccccc3)c3c(C)c(C)c(N(c4ccccc4)c4ccccc4)c(C)c3c(-c3ccccc3)c2c1C. The van der Waals surface area contributed by atoms with Crippen LogP contribution in [-0.2, 0) is 0 Å². The molecule has 0 saturated heterocycles. The van der Waals surface area contributed by atoms with Gasteiger partial charge in [0.25, 0.3) is 0 Å². The Balaban J connectivity index is 0.00000109. The van der Waals surface area contributed by atoms with Crippen molar-refractivity contribution < 1.29 is 0 Å². The van der Waals surface area contributed by atoms with Crippen molar-refractivity contribution in [3.8, 4) is 11.1 Å². The molecule has 0 bridgehead atoms. The van der Waals surface area contributed by atoms with Crippen LogP contribution >= 0.6 is 0 Å². The number of aryl methyl sites for hydroxylation is 4. The Morgan fingerprint density at radius 2 is 0.380 bits per heavy atom. The van der Waals surface area contributed by atoms with Gasteiger partial charge in [-0.05, 0) is 170 Å². The highest BCUT2D eigenvalue weighted by Gasteiger charge is 2.32. The lowest BCUT2D eigenvalue weighted by atomic mass is 9.80. The van der Waals surface area contributed by atoms with Crippen LogP contribution in [0.4, 0.5) is 51.2 Å². The van der Waals surface area contributed by atoms with Gasteiger partial charge >= 0.3 is 0 Å². The third-order valence-electron chi connectivity index (χ3n) is 13.3. The first-order valence-electron chi connectivity index (χ1n) is 29.6. The van der Waals surface area contributed by atoms with Crippen molar-refractivity contribution >= 4 is 72.7 Å². The number of hydrogen-bond acceptors (Lipinski definition) is 3. The van der Waals surface area contributed by atoms with Crippen LogP contribution in [0.1, 0.15) is 130 Å². The number of hydrogen-bond donors (Lipinski definition) is 0. The Bertz CT molecular complexity index is 3160. The largest absolute Gasteiger partial charge is 0.310 e. The van der Waals surface area contributed by atoms with Gasteiger partial charge in [-0.15, -0.1) is 0 Å². The molecule has 3 nitrogen and oxygen atoms in total. The lowest BCUT2D eigenvalue weighted by Crippen LogP contribution is -2.18. The summed E-state index contributed by atoms with van der Waals surface area (Å²) in [4.78, 5) is 7.46. The first-order chi connectivity index (χ1) is 38.8. The molecule has 0 fully saturated rings. The maximum absolute atomic E-state index is 2.53. The molecule has 0 atom stereocenters. The molecule has 10 rings (SSSR count). The van der Waals surface area contributed by atoms with E-state index in [2.05, 4.69) is 269 Å². The molecule has 0 unspecified atom stereocenters. The lowest BCUT2D eigenvalue weighted by molar-refractivity contribution is 1.20. The number of para-hydroxylation sites is 6.